The van der Waals surface area contributed by atoms with Crippen molar-refractivity contribution in [3.05, 3.63) is 34.7 Å². The average molecular weight is 302 g/mol. The van der Waals surface area contributed by atoms with E-state index in [0.717, 1.165) is 13.0 Å². The standard InChI is InChI=1S/C17H22N2OS/c1-17(2,3)10-19-16(20)13-8-12-11-6-4-5-7-14(11)21-15(12)9-18-13/h4-7,13,18H,8-10H2,1-3H3,(H,19,20)/t13-/m1/s1. The lowest BCUT2D eigenvalue weighted by Crippen LogP contribution is -2.48. The van der Waals surface area contributed by atoms with E-state index in [1.807, 2.05) is 11.3 Å². The van der Waals surface area contributed by atoms with Crippen molar-refractivity contribution < 1.29 is 4.79 Å². The normalized spacial score (nSPS) is 18.5. The van der Waals surface area contributed by atoms with Crippen molar-refractivity contribution in [2.24, 2.45) is 5.41 Å². The first-order chi connectivity index (χ1) is 9.94. The molecule has 3 rings (SSSR count). The molecule has 1 aromatic heterocycles. The first-order valence-corrected chi connectivity index (χ1v) is 8.26. The van der Waals surface area contributed by atoms with Gasteiger partial charge in [-0.1, -0.05) is 39.0 Å². The zero-order valence-corrected chi connectivity index (χ0v) is 13.6. The molecule has 0 saturated carbocycles. The monoisotopic (exact) mass is 302 g/mol. The van der Waals surface area contributed by atoms with Gasteiger partial charge < -0.3 is 10.6 Å². The van der Waals surface area contributed by atoms with Gasteiger partial charge in [0.25, 0.3) is 0 Å². The Kier molecular flexibility index (Phi) is 3.76. The summed E-state index contributed by atoms with van der Waals surface area (Å²) >= 11 is 1.84. The molecular weight excluding hydrogens is 280 g/mol. The SMILES string of the molecule is CC(C)(C)CNC(=O)[C@H]1Cc2c(sc3ccccc23)CN1. The Hall–Kier alpha value is -1.39. The third-order valence-electron chi connectivity index (χ3n) is 3.81. The van der Waals surface area contributed by atoms with Crippen LogP contribution in [0.25, 0.3) is 10.1 Å². The maximum absolute atomic E-state index is 12.3. The van der Waals surface area contributed by atoms with E-state index in [-0.39, 0.29) is 17.4 Å². The van der Waals surface area contributed by atoms with Crippen molar-refractivity contribution in [2.75, 3.05) is 6.54 Å². The molecule has 1 amide bonds. The first-order valence-electron chi connectivity index (χ1n) is 7.44. The molecule has 0 radical (unpaired) electrons. The van der Waals surface area contributed by atoms with E-state index >= 15 is 0 Å². The number of hydrogen-bond donors (Lipinski definition) is 2. The van der Waals surface area contributed by atoms with Gasteiger partial charge in [-0.25, -0.2) is 0 Å². The predicted molar refractivity (Wildman–Crippen MR) is 88.6 cm³/mol. The van der Waals surface area contributed by atoms with E-state index in [1.165, 1.54) is 20.5 Å². The van der Waals surface area contributed by atoms with Gasteiger partial charge in [-0.3, -0.25) is 4.79 Å². The van der Waals surface area contributed by atoms with Gasteiger partial charge in [-0.2, -0.15) is 0 Å². The molecule has 1 aliphatic rings. The summed E-state index contributed by atoms with van der Waals surface area (Å²) in [5.41, 5.74) is 1.47. The third kappa shape index (κ3) is 3.11. The second kappa shape index (κ2) is 5.43. The van der Waals surface area contributed by atoms with E-state index in [9.17, 15) is 4.79 Å². The van der Waals surface area contributed by atoms with Crippen LogP contribution in [0.5, 0.6) is 0 Å². The molecule has 0 fully saturated rings. The topological polar surface area (TPSA) is 41.1 Å². The minimum absolute atomic E-state index is 0.113. The van der Waals surface area contributed by atoms with Gasteiger partial charge in [0, 0.05) is 22.7 Å². The quantitative estimate of drug-likeness (QED) is 0.895. The van der Waals surface area contributed by atoms with Crippen LogP contribution in [-0.4, -0.2) is 18.5 Å². The molecule has 1 aliphatic heterocycles. The number of nitrogens with one attached hydrogen (secondary N) is 2. The fraction of sp³-hybridized carbons (Fsp3) is 0.471. The smallest absolute Gasteiger partial charge is 0.237 e. The molecule has 4 heteroatoms. The Labute approximate surface area is 129 Å². The lowest BCUT2D eigenvalue weighted by atomic mass is 9.95. The molecule has 0 spiro atoms. The highest BCUT2D eigenvalue weighted by atomic mass is 32.1. The minimum Gasteiger partial charge on any atom is -0.354 e. The average Bonchev–Trinajstić information content (AvgIpc) is 2.81. The molecule has 0 bridgehead atoms. The van der Waals surface area contributed by atoms with Crippen molar-refractivity contribution in [2.45, 2.75) is 39.8 Å². The van der Waals surface area contributed by atoms with Gasteiger partial charge in [0.1, 0.15) is 0 Å². The van der Waals surface area contributed by atoms with Crippen molar-refractivity contribution in [1.82, 2.24) is 10.6 Å². The van der Waals surface area contributed by atoms with Gasteiger partial charge in [-0.05, 0) is 28.9 Å². The molecule has 0 unspecified atom stereocenters. The Bertz CT molecular complexity index is 669. The largest absolute Gasteiger partial charge is 0.354 e. The minimum atomic E-state index is -0.113. The van der Waals surface area contributed by atoms with Crippen LogP contribution in [0, 0.1) is 5.41 Å². The van der Waals surface area contributed by atoms with Gasteiger partial charge in [0.15, 0.2) is 0 Å². The van der Waals surface area contributed by atoms with Gasteiger partial charge in [0.05, 0.1) is 6.04 Å². The molecule has 1 atom stereocenters. The summed E-state index contributed by atoms with van der Waals surface area (Å²) in [6.07, 6.45) is 0.787. The highest BCUT2D eigenvalue weighted by Gasteiger charge is 2.27. The molecule has 2 aromatic rings. The number of rotatable bonds is 2. The molecule has 0 saturated heterocycles. The van der Waals surface area contributed by atoms with Crippen LogP contribution in [0.15, 0.2) is 24.3 Å². The van der Waals surface area contributed by atoms with Crippen LogP contribution in [0.3, 0.4) is 0 Å². The summed E-state index contributed by atoms with van der Waals surface area (Å²) < 4.78 is 1.32. The van der Waals surface area contributed by atoms with E-state index in [2.05, 4.69) is 55.7 Å². The molecule has 3 nitrogen and oxygen atoms in total. The predicted octanol–water partition coefficient (Wildman–Crippen LogP) is 3.08. The lowest BCUT2D eigenvalue weighted by Gasteiger charge is -2.25. The van der Waals surface area contributed by atoms with Crippen LogP contribution in [-0.2, 0) is 17.8 Å². The van der Waals surface area contributed by atoms with E-state index in [0.29, 0.717) is 6.54 Å². The molecule has 0 aliphatic carbocycles. The van der Waals surface area contributed by atoms with Gasteiger partial charge in [0.2, 0.25) is 5.91 Å². The van der Waals surface area contributed by atoms with Crippen molar-refractivity contribution in [1.29, 1.82) is 0 Å². The molecular formula is C17H22N2OS. The van der Waals surface area contributed by atoms with Crippen LogP contribution in [0.2, 0.25) is 0 Å². The summed E-state index contributed by atoms with van der Waals surface area (Å²) in [7, 11) is 0. The van der Waals surface area contributed by atoms with Crippen molar-refractivity contribution in [3.63, 3.8) is 0 Å². The summed E-state index contributed by atoms with van der Waals surface area (Å²) in [5.74, 6) is 0.117. The van der Waals surface area contributed by atoms with Crippen LogP contribution >= 0.6 is 11.3 Å². The second-order valence-electron chi connectivity index (χ2n) is 6.92. The molecule has 21 heavy (non-hydrogen) atoms. The Morgan fingerprint density at radius 2 is 2.14 bits per heavy atom. The van der Waals surface area contributed by atoms with Crippen molar-refractivity contribution >= 4 is 27.3 Å². The fourth-order valence-electron chi connectivity index (χ4n) is 2.67. The van der Waals surface area contributed by atoms with E-state index in [4.69, 9.17) is 0 Å². The summed E-state index contributed by atoms with van der Waals surface area (Å²) in [4.78, 5) is 13.7. The molecule has 2 heterocycles. The fourth-order valence-corrected chi connectivity index (χ4v) is 3.85. The van der Waals surface area contributed by atoms with Crippen molar-refractivity contribution in [3.8, 4) is 0 Å². The number of hydrogen-bond acceptors (Lipinski definition) is 3. The summed E-state index contributed by atoms with van der Waals surface area (Å²) in [6, 6.07) is 8.36. The Morgan fingerprint density at radius 3 is 2.90 bits per heavy atom. The van der Waals surface area contributed by atoms with Crippen LogP contribution < -0.4 is 10.6 Å². The number of benzene rings is 1. The maximum Gasteiger partial charge on any atom is 0.237 e. The van der Waals surface area contributed by atoms with Gasteiger partial charge >= 0.3 is 0 Å². The number of carbonyl (C=O) groups is 1. The maximum atomic E-state index is 12.3. The zero-order valence-electron chi connectivity index (χ0n) is 12.8. The lowest BCUT2D eigenvalue weighted by molar-refractivity contribution is -0.123. The van der Waals surface area contributed by atoms with Crippen LogP contribution in [0.4, 0.5) is 0 Å². The highest BCUT2D eigenvalue weighted by Crippen LogP contribution is 2.34. The molecule has 1 aromatic carbocycles. The summed E-state index contributed by atoms with van der Waals surface area (Å²) in [5, 5.41) is 7.75. The highest BCUT2D eigenvalue weighted by molar-refractivity contribution is 7.19. The van der Waals surface area contributed by atoms with E-state index in [1.54, 1.807) is 0 Å². The number of amides is 1. The molecule has 2 N–H and O–H groups in total. The zero-order chi connectivity index (χ0) is 15.0. The molecule has 112 valence electrons. The van der Waals surface area contributed by atoms with Crippen LogP contribution in [0.1, 0.15) is 31.2 Å². The number of thiophene rings is 1. The number of fused-ring (bicyclic) bond motifs is 3. The Morgan fingerprint density at radius 1 is 1.38 bits per heavy atom. The number of carbonyl (C=O) groups excluding carboxylic acids is 1. The third-order valence-corrected chi connectivity index (χ3v) is 5.02. The second-order valence-corrected chi connectivity index (χ2v) is 8.05. The first kappa shape index (κ1) is 14.5. The van der Waals surface area contributed by atoms with Gasteiger partial charge in [-0.15, -0.1) is 11.3 Å². The Balaban J connectivity index is 1.76. The van der Waals surface area contributed by atoms with E-state index < -0.39 is 0 Å². The summed E-state index contributed by atoms with van der Waals surface area (Å²) in [6.45, 7) is 7.90.